The predicted molar refractivity (Wildman–Crippen MR) is 163 cm³/mol. The highest BCUT2D eigenvalue weighted by atomic mass is 32.1. The SMILES string of the molecule is CCN(CC)C(=O)C1=C(C)N=c2s/c(=C/c3ccc(N(C)C)cc3)c(=O)n2[C@H]1c1c(OC)ccc2ccccc12. The molecule has 1 aromatic heterocycles. The zero-order valence-electron chi connectivity index (χ0n) is 23.8. The average molecular weight is 555 g/mol. The van der Waals surface area contributed by atoms with E-state index in [4.69, 9.17) is 9.73 Å². The lowest BCUT2D eigenvalue weighted by molar-refractivity contribution is -0.127. The summed E-state index contributed by atoms with van der Waals surface area (Å²) in [6.45, 7) is 6.89. The van der Waals surface area contributed by atoms with Gasteiger partial charge in [0.05, 0.1) is 22.9 Å². The van der Waals surface area contributed by atoms with Gasteiger partial charge in [0.15, 0.2) is 4.80 Å². The van der Waals surface area contributed by atoms with E-state index in [1.54, 1.807) is 16.6 Å². The fourth-order valence-electron chi connectivity index (χ4n) is 5.31. The molecule has 0 saturated carbocycles. The van der Waals surface area contributed by atoms with Crippen molar-refractivity contribution in [3.63, 3.8) is 0 Å². The van der Waals surface area contributed by atoms with Crippen LogP contribution in [-0.2, 0) is 4.79 Å². The molecule has 5 rings (SSSR count). The first-order chi connectivity index (χ1) is 19.3. The number of anilines is 1. The Morgan fingerprint density at radius 1 is 1.05 bits per heavy atom. The van der Waals surface area contributed by atoms with Gasteiger partial charge in [0.2, 0.25) is 0 Å². The lowest BCUT2D eigenvalue weighted by atomic mass is 9.90. The number of carbonyl (C=O) groups excluding carboxylic acids is 1. The van der Waals surface area contributed by atoms with Crippen LogP contribution in [-0.4, -0.2) is 49.7 Å². The lowest BCUT2D eigenvalue weighted by Crippen LogP contribution is -2.43. The highest BCUT2D eigenvalue weighted by Gasteiger charge is 2.36. The van der Waals surface area contributed by atoms with Crippen molar-refractivity contribution >= 4 is 39.8 Å². The number of nitrogens with zero attached hydrogens (tertiary/aromatic N) is 4. The number of methoxy groups -OCH3 is 1. The van der Waals surface area contributed by atoms with E-state index in [0.29, 0.717) is 39.4 Å². The minimum atomic E-state index is -0.691. The fraction of sp³-hybridized carbons (Fsp3) is 0.281. The van der Waals surface area contributed by atoms with Crippen molar-refractivity contribution in [2.24, 2.45) is 4.99 Å². The average Bonchev–Trinajstić information content (AvgIpc) is 3.26. The first-order valence-electron chi connectivity index (χ1n) is 13.4. The number of benzene rings is 3. The van der Waals surface area contributed by atoms with Crippen molar-refractivity contribution in [2.75, 3.05) is 39.2 Å². The van der Waals surface area contributed by atoms with E-state index in [9.17, 15) is 9.59 Å². The van der Waals surface area contributed by atoms with Gasteiger partial charge in [0.1, 0.15) is 11.8 Å². The summed E-state index contributed by atoms with van der Waals surface area (Å²) < 4.78 is 8.11. The van der Waals surface area contributed by atoms with E-state index in [1.165, 1.54) is 11.3 Å². The Morgan fingerprint density at radius 2 is 1.75 bits per heavy atom. The van der Waals surface area contributed by atoms with Crippen molar-refractivity contribution < 1.29 is 9.53 Å². The molecule has 4 aromatic rings. The number of fused-ring (bicyclic) bond motifs is 2. The zero-order valence-corrected chi connectivity index (χ0v) is 24.6. The topological polar surface area (TPSA) is 67.1 Å². The highest BCUT2D eigenvalue weighted by molar-refractivity contribution is 7.07. The summed E-state index contributed by atoms with van der Waals surface area (Å²) in [5.74, 6) is 0.497. The molecule has 0 spiro atoms. The minimum absolute atomic E-state index is 0.125. The van der Waals surface area contributed by atoms with Gasteiger partial charge in [0, 0.05) is 38.4 Å². The van der Waals surface area contributed by atoms with Crippen LogP contribution in [0, 0.1) is 0 Å². The van der Waals surface area contributed by atoms with Gasteiger partial charge in [-0.15, -0.1) is 0 Å². The van der Waals surface area contributed by atoms with E-state index >= 15 is 0 Å². The number of aromatic nitrogens is 1. The maximum absolute atomic E-state index is 14.2. The van der Waals surface area contributed by atoms with Gasteiger partial charge in [-0.3, -0.25) is 14.2 Å². The molecular formula is C32H34N4O3S. The number of hydrogen-bond acceptors (Lipinski definition) is 6. The fourth-order valence-corrected chi connectivity index (χ4v) is 6.35. The van der Waals surface area contributed by atoms with Gasteiger partial charge in [-0.25, -0.2) is 4.99 Å². The molecule has 0 N–H and O–H groups in total. The molecular weight excluding hydrogens is 520 g/mol. The van der Waals surface area contributed by atoms with E-state index in [2.05, 4.69) is 0 Å². The summed E-state index contributed by atoms with van der Waals surface area (Å²) in [5.41, 5.74) is 3.71. The number of allylic oxidation sites excluding steroid dienone is 1. The van der Waals surface area contributed by atoms with Gasteiger partial charge < -0.3 is 14.5 Å². The van der Waals surface area contributed by atoms with Crippen molar-refractivity contribution in [1.82, 2.24) is 9.47 Å². The van der Waals surface area contributed by atoms with Crippen LogP contribution in [0.15, 0.2) is 81.7 Å². The first kappa shape index (κ1) is 27.4. The van der Waals surface area contributed by atoms with Gasteiger partial charge >= 0.3 is 0 Å². The maximum atomic E-state index is 14.2. The quantitative estimate of drug-likeness (QED) is 0.341. The van der Waals surface area contributed by atoms with E-state index < -0.39 is 6.04 Å². The van der Waals surface area contributed by atoms with Crippen molar-refractivity contribution in [3.05, 3.63) is 103 Å². The standard InChI is InChI=1S/C32H34N4O3S/c1-7-35(8-2)31(38)27-20(3)33-32-36(29(27)28-24-12-10-9-11-22(24)15-18-25(28)39-6)30(37)26(40-32)19-21-13-16-23(17-14-21)34(4)5/h9-19,29H,7-8H2,1-6H3/b26-19+/t29-/m1/s1. The number of ether oxygens (including phenoxy) is 1. The normalized spacial score (nSPS) is 15.2. The number of hydrogen-bond donors (Lipinski definition) is 0. The van der Waals surface area contributed by atoms with Crippen LogP contribution in [0.3, 0.4) is 0 Å². The minimum Gasteiger partial charge on any atom is -0.496 e. The molecule has 0 bridgehead atoms. The molecule has 40 heavy (non-hydrogen) atoms. The Bertz CT molecular complexity index is 1790. The Morgan fingerprint density at radius 3 is 2.40 bits per heavy atom. The third-order valence-electron chi connectivity index (χ3n) is 7.43. The molecule has 7 nitrogen and oxygen atoms in total. The molecule has 2 heterocycles. The number of carbonyl (C=O) groups is 1. The van der Waals surface area contributed by atoms with Crippen LogP contribution in [0.2, 0.25) is 0 Å². The second kappa shape index (κ2) is 11.1. The summed E-state index contributed by atoms with van der Waals surface area (Å²) in [6, 6.07) is 19.3. The lowest BCUT2D eigenvalue weighted by Gasteiger charge is -2.30. The molecule has 0 aliphatic carbocycles. The summed E-state index contributed by atoms with van der Waals surface area (Å²) in [5, 5.41) is 1.94. The monoisotopic (exact) mass is 554 g/mol. The van der Waals surface area contributed by atoms with Gasteiger partial charge in [-0.05, 0) is 61.4 Å². The van der Waals surface area contributed by atoms with Crippen LogP contribution < -0.4 is 24.5 Å². The number of thiazole rings is 1. The number of likely N-dealkylation sites (N-methyl/N-ethyl adjacent to an activating group) is 1. The molecule has 0 fully saturated rings. The number of rotatable bonds is 7. The van der Waals surface area contributed by atoms with Crippen molar-refractivity contribution in [1.29, 1.82) is 0 Å². The van der Waals surface area contributed by atoms with Crippen LogP contribution in [0.5, 0.6) is 5.75 Å². The third-order valence-corrected chi connectivity index (χ3v) is 8.42. The van der Waals surface area contributed by atoms with Gasteiger partial charge in [-0.2, -0.15) is 0 Å². The molecule has 1 atom stereocenters. The zero-order chi connectivity index (χ0) is 28.6. The molecule has 1 amide bonds. The number of amides is 1. The molecule has 0 unspecified atom stereocenters. The molecule has 0 radical (unpaired) electrons. The van der Waals surface area contributed by atoms with Crippen molar-refractivity contribution in [3.8, 4) is 5.75 Å². The van der Waals surface area contributed by atoms with E-state index in [-0.39, 0.29) is 11.5 Å². The van der Waals surface area contributed by atoms with Gasteiger partial charge in [0.25, 0.3) is 11.5 Å². The molecule has 1 aliphatic heterocycles. The van der Waals surface area contributed by atoms with E-state index in [1.807, 2.05) is 107 Å². The van der Waals surface area contributed by atoms with Crippen LogP contribution in [0.4, 0.5) is 5.69 Å². The van der Waals surface area contributed by atoms with Crippen LogP contribution in [0.25, 0.3) is 16.8 Å². The predicted octanol–water partition coefficient (Wildman–Crippen LogP) is 4.33. The summed E-state index contributed by atoms with van der Waals surface area (Å²) in [7, 11) is 5.61. The summed E-state index contributed by atoms with van der Waals surface area (Å²) in [6.07, 6.45) is 1.89. The smallest absolute Gasteiger partial charge is 0.271 e. The Hall–Kier alpha value is -4.17. The van der Waals surface area contributed by atoms with E-state index in [0.717, 1.165) is 27.6 Å². The second-order valence-electron chi connectivity index (χ2n) is 9.95. The van der Waals surface area contributed by atoms with Crippen LogP contribution in [0.1, 0.15) is 37.9 Å². The molecule has 3 aromatic carbocycles. The Kier molecular flexibility index (Phi) is 7.63. The summed E-state index contributed by atoms with van der Waals surface area (Å²) >= 11 is 1.34. The van der Waals surface area contributed by atoms with Gasteiger partial charge in [-0.1, -0.05) is 53.8 Å². The Labute approximate surface area is 238 Å². The van der Waals surface area contributed by atoms with Crippen LogP contribution >= 0.6 is 11.3 Å². The largest absolute Gasteiger partial charge is 0.496 e. The second-order valence-corrected chi connectivity index (χ2v) is 11.0. The summed E-state index contributed by atoms with van der Waals surface area (Å²) in [4.78, 5) is 37.4. The third kappa shape index (κ3) is 4.73. The molecule has 206 valence electrons. The first-order valence-corrected chi connectivity index (χ1v) is 14.3. The molecule has 8 heteroatoms. The highest BCUT2D eigenvalue weighted by Crippen LogP contribution is 2.40. The maximum Gasteiger partial charge on any atom is 0.271 e. The van der Waals surface area contributed by atoms with Crippen molar-refractivity contribution in [2.45, 2.75) is 26.8 Å². The molecule has 1 aliphatic rings. The molecule has 0 saturated heterocycles. The Balaban J connectivity index is 1.81.